The van der Waals surface area contributed by atoms with E-state index in [9.17, 15) is 19.1 Å². The maximum Gasteiger partial charge on any atom is 0.301 e. The van der Waals surface area contributed by atoms with E-state index in [-0.39, 0.29) is 28.4 Å². The van der Waals surface area contributed by atoms with Gasteiger partial charge in [-0.2, -0.15) is 0 Å². The smallest absolute Gasteiger partial charge is 0.301 e. The first kappa shape index (κ1) is 29.8. The number of nitrogens with zero attached hydrogens (tertiary/aromatic N) is 3. The van der Waals surface area contributed by atoms with Gasteiger partial charge < -0.3 is 14.6 Å². The van der Waals surface area contributed by atoms with Crippen molar-refractivity contribution in [2.24, 2.45) is 0 Å². The Morgan fingerprint density at radius 3 is 2.75 bits per heavy atom. The average molecular weight is 632 g/mol. The molecule has 226 valence electrons. The molecule has 1 aromatic heterocycles. The number of amides is 1. The van der Waals surface area contributed by atoms with Gasteiger partial charge in [-0.3, -0.25) is 14.5 Å². The lowest BCUT2D eigenvalue weighted by Crippen LogP contribution is -2.29. The van der Waals surface area contributed by atoms with Crippen LogP contribution in [0.3, 0.4) is 0 Å². The van der Waals surface area contributed by atoms with Gasteiger partial charge in [-0.15, -0.1) is 10.2 Å². The molecule has 2 aliphatic rings. The number of aliphatic hydroxyl groups is 1. The molecule has 3 heterocycles. The molecule has 0 bridgehead atoms. The fourth-order valence-corrected chi connectivity index (χ4v) is 7.09. The third-order valence-electron chi connectivity index (χ3n) is 7.43. The second kappa shape index (κ2) is 12.8. The number of halogens is 1. The van der Waals surface area contributed by atoms with Gasteiger partial charge in [0.1, 0.15) is 29.2 Å². The van der Waals surface area contributed by atoms with Crippen molar-refractivity contribution in [1.29, 1.82) is 0 Å². The van der Waals surface area contributed by atoms with Crippen LogP contribution in [-0.2, 0) is 21.8 Å². The van der Waals surface area contributed by atoms with Crippen molar-refractivity contribution in [3.63, 3.8) is 0 Å². The van der Waals surface area contributed by atoms with Gasteiger partial charge in [-0.25, -0.2) is 4.39 Å². The lowest BCUT2D eigenvalue weighted by atomic mass is 9.94. The Morgan fingerprint density at radius 1 is 1.14 bits per heavy atom. The summed E-state index contributed by atoms with van der Waals surface area (Å²) in [6.07, 6.45) is 2.54. The van der Waals surface area contributed by atoms with Gasteiger partial charge in [0, 0.05) is 17.7 Å². The fraction of sp³-hybridized carbons (Fsp3) is 0.273. The minimum absolute atomic E-state index is 0.0101. The predicted octanol–water partition coefficient (Wildman–Crippen LogP) is 7.10. The highest BCUT2D eigenvalue weighted by Crippen LogP contribution is 2.45. The fourth-order valence-electron chi connectivity index (χ4n) is 5.26. The van der Waals surface area contributed by atoms with Gasteiger partial charge in [0.15, 0.2) is 4.34 Å². The molecule has 2 atom stereocenters. The zero-order chi connectivity index (χ0) is 30.8. The number of Topliss-reactive ketones (excluding diaryl/α,β-unsaturated/α-hetero) is 1. The van der Waals surface area contributed by atoms with Crippen molar-refractivity contribution in [1.82, 2.24) is 10.2 Å². The van der Waals surface area contributed by atoms with Gasteiger partial charge in [0.05, 0.1) is 18.2 Å². The largest absolute Gasteiger partial charge is 0.507 e. The Bertz CT molecular complexity index is 1740. The van der Waals surface area contributed by atoms with E-state index in [1.54, 1.807) is 48.5 Å². The molecule has 0 aliphatic carbocycles. The summed E-state index contributed by atoms with van der Waals surface area (Å²) in [5.74, 6) is -0.347. The first-order chi connectivity index (χ1) is 21.3. The number of carbonyl (C=O) groups is 2. The molecule has 1 saturated heterocycles. The number of ketones is 1. The van der Waals surface area contributed by atoms with Gasteiger partial charge in [0.2, 0.25) is 5.13 Å². The van der Waals surface area contributed by atoms with Crippen LogP contribution >= 0.6 is 23.1 Å². The van der Waals surface area contributed by atoms with Crippen molar-refractivity contribution < 1.29 is 28.6 Å². The van der Waals surface area contributed by atoms with E-state index in [0.29, 0.717) is 40.0 Å². The van der Waals surface area contributed by atoms with Gasteiger partial charge in [0.25, 0.3) is 5.78 Å². The highest BCUT2D eigenvalue weighted by Gasteiger charge is 2.48. The van der Waals surface area contributed by atoms with Crippen LogP contribution in [-0.4, -0.2) is 39.7 Å². The van der Waals surface area contributed by atoms with Crippen LogP contribution in [0.2, 0.25) is 0 Å². The van der Waals surface area contributed by atoms with Gasteiger partial charge >= 0.3 is 5.91 Å². The second-order valence-electron chi connectivity index (χ2n) is 10.7. The van der Waals surface area contributed by atoms with E-state index in [0.717, 1.165) is 29.7 Å². The number of benzene rings is 3. The normalized spacial score (nSPS) is 18.8. The molecular formula is C33H30FN3O5S2. The third kappa shape index (κ3) is 6.07. The number of carbonyl (C=O) groups excluding carboxylic acids is 2. The van der Waals surface area contributed by atoms with Crippen molar-refractivity contribution in [3.05, 3.63) is 100 Å². The monoisotopic (exact) mass is 631 g/mol. The average Bonchev–Trinajstić information content (AvgIpc) is 3.71. The summed E-state index contributed by atoms with van der Waals surface area (Å²) in [5.41, 5.74) is 2.80. The van der Waals surface area contributed by atoms with Crippen LogP contribution in [0, 0.1) is 5.82 Å². The number of anilines is 1. The standard InChI is InChI=1S/C33H30FN3O5S2/c1-3-4-14-41-25-7-5-6-21(17-25)28-27(29(38)22-10-13-26-23(16-22)15-19(2)42-26)30(39)31(40)37(28)32-35-36-33(44-32)43-18-20-8-11-24(34)12-9-20/h5-13,16-17,19,28,38H,3-4,14-15,18H2,1-2H3. The number of hydrogen-bond acceptors (Lipinski definition) is 9. The summed E-state index contributed by atoms with van der Waals surface area (Å²) in [6.45, 7) is 4.57. The van der Waals surface area contributed by atoms with Crippen LogP contribution < -0.4 is 14.4 Å². The van der Waals surface area contributed by atoms with Crippen molar-refractivity contribution >= 4 is 45.7 Å². The minimum Gasteiger partial charge on any atom is -0.507 e. The van der Waals surface area contributed by atoms with E-state index in [1.165, 1.54) is 40.1 Å². The second-order valence-corrected chi connectivity index (χ2v) is 12.8. The SMILES string of the molecule is CCCCOc1cccc(C2C(=C(O)c3ccc4c(c3)CC(C)O4)C(=O)C(=O)N2c2nnc(SCc3ccc(F)cc3)s2)c1. The third-order valence-corrected chi connectivity index (χ3v) is 9.56. The van der Waals surface area contributed by atoms with Crippen LogP contribution in [0.1, 0.15) is 55.0 Å². The summed E-state index contributed by atoms with van der Waals surface area (Å²) < 4.78 is 25.6. The van der Waals surface area contributed by atoms with Crippen LogP contribution in [0.5, 0.6) is 11.5 Å². The first-order valence-corrected chi connectivity index (χ1v) is 16.2. The van der Waals surface area contributed by atoms with Gasteiger partial charge in [-0.05, 0) is 72.5 Å². The van der Waals surface area contributed by atoms with Crippen molar-refractivity contribution in [3.8, 4) is 11.5 Å². The lowest BCUT2D eigenvalue weighted by Gasteiger charge is -2.23. The molecule has 2 unspecified atom stereocenters. The van der Waals surface area contributed by atoms with E-state index in [4.69, 9.17) is 9.47 Å². The number of hydrogen-bond donors (Lipinski definition) is 1. The zero-order valence-electron chi connectivity index (χ0n) is 24.2. The number of fused-ring (bicyclic) bond motifs is 1. The Labute approximate surface area is 262 Å². The molecule has 1 amide bonds. The Morgan fingerprint density at radius 2 is 1.95 bits per heavy atom. The summed E-state index contributed by atoms with van der Waals surface area (Å²) in [6, 6.07) is 17.7. The van der Waals surface area contributed by atoms with Crippen LogP contribution in [0.4, 0.5) is 9.52 Å². The topological polar surface area (TPSA) is 102 Å². The molecule has 0 radical (unpaired) electrons. The highest BCUT2D eigenvalue weighted by atomic mass is 32.2. The number of unbranched alkanes of at least 4 members (excludes halogenated alkanes) is 1. The summed E-state index contributed by atoms with van der Waals surface area (Å²) in [4.78, 5) is 28.6. The number of rotatable bonds is 10. The molecular weight excluding hydrogens is 602 g/mol. The summed E-state index contributed by atoms with van der Waals surface area (Å²) in [5, 5.41) is 20.4. The van der Waals surface area contributed by atoms with Crippen molar-refractivity contribution in [2.75, 3.05) is 11.5 Å². The molecule has 2 aliphatic heterocycles. The van der Waals surface area contributed by atoms with E-state index >= 15 is 0 Å². The maximum absolute atomic E-state index is 13.7. The lowest BCUT2D eigenvalue weighted by molar-refractivity contribution is -0.132. The van der Waals surface area contributed by atoms with E-state index in [1.807, 2.05) is 13.0 Å². The first-order valence-electron chi connectivity index (χ1n) is 14.4. The van der Waals surface area contributed by atoms with Crippen LogP contribution in [0.15, 0.2) is 76.6 Å². The van der Waals surface area contributed by atoms with Crippen molar-refractivity contribution in [2.45, 2.75) is 55.3 Å². The molecule has 44 heavy (non-hydrogen) atoms. The number of ether oxygens (including phenoxy) is 2. The minimum atomic E-state index is -0.962. The highest BCUT2D eigenvalue weighted by molar-refractivity contribution is 8.00. The Hall–Kier alpha value is -4.22. The summed E-state index contributed by atoms with van der Waals surface area (Å²) in [7, 11) is 0. The van der Waals surface area contributed by atoms with Crippen LogP contribution in [0.25, 0.3) is 5.76 Å². The molecule has 1 fully saturated rings. The Balaban J connectivity index is 1.38. The maximum atomic E-state index is 13.7. The molecule has 0 saturated carbocycles. The number of aliphatic hydroxyl groups excluding tert-OH is 1. The predicted molar refractivity (Wildman–Crippen MR) is 168 cm³/mol. The zero-order valence-corrected chi connectivity index (χ0v) is 25.8. The van der Waals surface area contributed by atoms with E-state index in [2.05, 4.69) is 17.1 Å². The molecule has 6 rings (SSSR count). The molecule has 1 N–H and O–H groups in total. The number of thioether (sulfide) groups is 1. The Kier molecular flexibility index (Phi) is 8.67. The quantitative estimate of drug-likeness (QED) is 0.0494. The molecule has 0 spiro atoms. The number of aromatic nitrogens is 2. The molecule has 3 aromatic carbocycles. The molecule has 8 nitrogen and oxygen atoms in total. The molecule has 4 aromatic rings. The van der Waals surface area contributed by atoms with Gasteiger partial charge in [-0.1, -0.05) is 60.7 Å². The summed E-state index contributed by atoms with van der Waals surface area (Å²) >= 11 is 2.56. The molecule has 11 heteroatoms. The van der Waals surface area contributed by atoms with E-state index < -0.39 is 17.7 Å².